The van der Waals surface area contributed by atoms with Crippen LogP contribution in [0.15, 0.2) is 0 Å². The first-order chi connectivity index (χ1) is 9.08. The Balaban J connectivity index is 1.82. The molecule has 110 valence electrons. The number of rotatable bonds is 3. The zero-order valence-electron chi connectivity index (χ0n) is 11.2. The molecule has 0 bridgehead atoms. The molecule has 3 N–H and O–H groups in total. The summed E-state index contributed by atoms with van der Waals surface area (Å²) in [6.07, 6.45) is 7.70. The summed E-state index contributed by atoms with van der Waals surface area (Å²) in [6, 6.07) is -0.470. The second-order valence-electron chi connectivity index (χ2n) is 5.39. The fourth-order valence-corrected chi connectivity index (χ4v) is 4.02. The maximum atomic E-state index is 12.0. The van der Waals surface area contributed by atoms with Gasteiger partial charge in [-0.2, -0.15) is 0 Å². The lowest BCUT2D eigenvalue weighted by Gasteiger charge is -2.25. The van der Waals surface area contributed by atoms with Crippen molar-refractivity contribution in [1.29, 1.82) is 0 Å². The molecule has 2 rings (SSSR count). The van der Waals surface area contributed by atoms with E-state index in [2.05, 4.69) is 15.4 Å². The van der Waals surface area contributed by atoms with Crippen LogP contribution in [0.2, 0.25) is 0 Å². The number of nitrogens with one attached hydrogen (secondary N) is 3. The molecule has 0 aromatic carbocycles. The predicted molar refractivity (Wildman–Crippen MR) is 73.1 cm³/mol. The summed E-state index contributed by atoms with van der Waals surface area (Å²) in [5, 5.41) is 5.05. The van der Waals surface area contributed by atoms with Crippen molar-refractivity contribution in [3.63, 3.8) is 0 Å². The average molecular weight is 289 g/mol. The first-order valence-corrected chi connectivity index (χ1v) is 8.68. The quantitative estimate of drug-likeness (QED) is 0.724. The molecular weight excluding hydrogens is 266 g/mol. The van der Waals surface area contributed by atoms with E-state index in [1.807, 2.05) is 0 Å². The molecule has 1 atom stereocenters. The van der Waals surface area contributed by atoms with Gasteiger partial charge in [0.05, 0.1) is 0 Å². The fraction of sp³-hybridized carbons (Fsp3) is 0.917. The molecule has 19 heavy (non-hydrogen) atoms. The monoisotopic (exact) mass is 289 g/mol. The molecule has 2 amide bonds. The molecule has 0 spiro atoms. The Bertz CT molecular complexity index is 398. The minimum Gasteiger partial charge on any atom is -0.335 e. The van der Waals surface area contributed by atoms with Gasteiger partial charge >= 0.3 is 6.03 Å². The Hall–Kier alpha value is -0.820. The SMILES string of the molecule is O=C(NC1CCCCC1)NS(=O)(=O)C1CCCCN1. The maximum absolute atomic E-state index is 12.0. The van der Waals surface area contributed by atoms with Crippen LogP contribution in [0.5, 0.6) is 0 Å². The number of hydrogen-bond acceptors (Lipinski definition) is 4. The molecular formula is C12H23N3O3S. The Labute approximate surface area is 114 Å². The van der Waals surface area contributed by atoms with Gasteiger partial charge in [-0.3, -0.25) is 5.32 Å². The van der Waals surface area contributed by atoms with Crippen LogP contribution in [-0.2, 0) is 10.0 Å². The number of carbonyl (C=O) groups is 1. The van der Waals surface area contributed by atoms with Crippen LogP contribution in [0.3, 0.4) is 0 Å². The van der Waals surface area contributed by atoms with Crippen molar-refractivity contribution in [1.82, 2.24) is 15.4 Å². The van der Waals surface area contributed by atoms with Gasteiger partial charge in [0.2, 0.25) is 0 Å². The Morgan fingerprint density at radius 2 is 1.68 bits per heavy atom. The fourth-order valence-electron chi connectivity index (χ4n) is 2.75. The summed E-state index contributed by atoms with van der Waals surface area (Å²) in [5.74, 6) is 0. The molecule has 2 aliphatic rings. The van der Waals surface area contributed by atoms with Crippen molar-refractivity contribution in [2.75, 3.05) is 6.54 Å². The third-order valence-electron chi connectivity index (χ3n) is 3.82. The van der Waals surface area contributed by atoms with E-state index >= 15 is 0 Å². The number of hydrogen-bond donors (Lipinski definition) is 3. The summed E-state index contributed by atoms with van der Waals surface area (Å²) in [4.78, 5) is 11.7. The molecule has 1 aliphatic heterocycles. The van der Waals surface area contributed by atoms with Crippen molar-refractivity contribution >= 4 is 16.1 Å². The van der Waals surface area contributed by atoms with Gasteiger partial charge in [0, 0.05) is 6.04 Å². The van der Waals surface area contributed by atoms with E-state index in [4.69, 9.17) is 0 Å². The summed E-state index contributed by atoms with van der Waals surface area (Å²) in [5.41, 5.74) is 0. The highest BCUT2D eigenvalue weighted by atomic mass is 32.2. The van der Waals surface area contributed by atoms with Crippen LogP contribution < -0.4 is 15.4 Å². The molecule has 0 aromatic rings. The summed E-state index contributed by atoms with van der Waals surface area (Å²) >= 11 is 0. The molecule has 2 fully saturated rings. The van der Waals surface area contributed by atoms with Crippen molar-refractivity contribution in [3.05, 3.63) is 0 Å². The number of piperidine rings is 1. The molecule has 7 heteroatoms. The lowest BCUT2D eigenvalue weighted by atomic mass is 9.96. The average Bonchev–Trinajstić information content (AvgIpc) is 2.40. The van der Waals surface area contributed by atoms with Crippen molar-refractivity contribution in [2.45, 2.75) is 62.8 Å². The maximum Gasteiger partial charge on any atom is 0.328 e. The molecule has 1 saturated heterocycles. The topological polar surface area (TPSA) is 87.3 Å². The van der Waals surface area contributed by atoms with Gasteiger partial charge < -0.3 is 5.32 Å². The number of sulfonamides is 1. The molecule has 1 heterocycles. The van der Waals surface area contributed by atoms with Crippen LogP contribution in [0.1, 0.15) is 51.4 Å². The van der Waals surface area contributed by atoms with Crippen LogP contribution in [0, 0.1) is 0 Å². The lowest BCUT2D eigenvalue weighted by Crippen LogP contribution is -2.52. The number of amides is 2. The van der Waals surface area contributed by atoms with E-state index in [0.29, 0.717) is 13.0 Å². The second kappa shape index (κ2) is 6.56. The van der Waals surface area contributed by atoms with E-state index in [0.717, 1.165) is 38.5 Å². The summed E-state index contributed by atoms with van der Waals surface area (Å²) in [7, 11) is -3.61. The molecule has 1 unspecified atom stereocenters. The van der Waals surface area contributed by atoms with Crippen molar-refractivity contribution in [2.24, 2.45) is 0 Å². The van der Waals surface area contributed by atoms with E-state index in [9.17, 15) is 13.2 Å². The van der Waals surface area contributed by atoms with Gasteiger partial charge in [0.15, 0.2) is 0 Å². The third kappa shape index (κ3) is 4.35. The largest absolute Gasteiger partial charge is 0.335 e. The second-order valence-corrected chi connectivity index (χ2v) is 7.26. The normalized spacial score (nSPS) is 25.8. The smallest absolute Gasteiger partial charge is 0.328 e. The third-order valence-corrected chi connectivity index (χ3v) is 5.44. The van der Waals surface area contributed by atoms with E-state index in [1.165, 1.54) is 6.42 Å². The van der Waals surface area contributed by atoms with Gasteiger partial charge in [0.1, 0.15) is 5.37 Å². The van der Waals surface area contributed by atoms with E-state index in [-0.39, 0.29) is 6.04 Å². The number of urea groups is 1. The summed E-state index contributed by atoms with van der Waals surface area (Å²) < 4.78 is 26.1. The highest BCUT2D eigenvalue weighted by Gasteiger charge is 2.29. The molecule has 0 radical (unpaired) electrons. The molecule has 6 nitrogen and oxygen atoms in total. The van der Waals surface area contributed by atoms with Gasteiger partial charge in [-0.25, -0.2) is 17.9 Å². The Kier molecular flexibility index (Phi) is 5.04. The summed E-state index contributed by atoms with van der Waals surface area (Å²) in [6.45, 7) is 0.690. The standard InChI is InChI=1S/C12H23N3O3S/c16-12(14-10-6-2-1-3-7-10)15-19(17,18)11-8-4-5-9-13-11/h10-11,13H,1-9H2,(H2,14,15,16). The van der Waals surface area contributed by atoms with E-state index in [1.54, 1.807) is 0 Å². The van der Waals surface area contributed by atoms with Gasteiger partial charge in [-0.15, -0.1) is 0 Å². The molecule has 1 aliphatic carbocycles. The van der Waals surface area contributed by atoms with Crippen LogP contribution in [0.4, 0.5) is 4.79 Å². The highest BCUT2D eigenvalue weighted by molar-refractivity contribution is 7.90. The first kappa shape index (κ1) is 14.6. The van der Waals surface area contributed by atoms with E-state index < -0.39 is 21.4 Å². The van der Waals surface area contributed by atoms with Gasteiger partial charge in [-0.1, -0.05) is 19.3 Å². The van der Waals surface area contributed by atoms with Crippen molar-refractivity contribution < 1.29 is 13.2 Å². The highest BCUT2D eigenvalue weighted by Crippen LogP contribution is 2.17. The van der Waals surface area contributed by atoms with Gasteiger partial charge in [-0.05, 0) is 38.6 Å². The minimum absolute atomic E-state index is 0.114. The Morgan fingerprint density at radius 3 is 2.32 bits per heavy atom. The molecule has 1 saturated carbocycles. The predicted octanol–water partition coefficient (Wildman–Crippen LogP) is 1.05. The van der Waals surface area contributed by atoms with Crippen LogP contribution in [-0.4, -0.2) is 32.4 Å². The zero-order chi connectivity index (χ0) is 13.7. The van der Waals surface area contributed by atoms with Crippen LogP contribution in [0.25, 0.3) is 0 Å². The lowest BCUT2D eigenvalue weighted by molar-refractivity contribution is 0.237. The van der Waals surface area contributed by atoms with Crippen molar-refractivity contribution in [3.8, 4) is 0 Å². The van der Waals surface area contributed by atoms with Crippen LogP contribution >= 0.6 is 0 Å². The Morgan fingerprint density at radius 1 is 1.00 bits per heavy atom. The van der Waals surface area contributed by atoms with Gasteiger partial charge in [0.25, 0.3) is 10.0 Å². The molecule has 0 aromatic heterocycles. The number of carbonyl (C=O) groups excluding carboxylic acids is 1. The zero-order valence-corrected chi connectivity index (χ0v) is 12.0. The first-order valence-electron chi connectivity index (χ1n) is 7.13. The minimum atomic E-state index is -3.61.